The first-order valence-electron chi connectivity index (χ1n) is 9.36. The van der Waals surface area contributed by atoms with E-state index in [0.717, 1.165) is 16.7 Å². The Kier molecular flexibility index (Phi) is 5.18. The number of fused-ring (bicyclic) bond motifs is 1. The molecule has 0 saturated heterocycles. The van der Waals surface area contributed by atoms with Gasteiger partial charge in [-0.05, 0) is 57.6 Å². The largest absolute Gasteiger partial charge is 0.299 e. The first-order chi connectivity index (χ1) is 12.6. The Balaban J connectivity index is 1.63. The topological polar surface area (TPSA) is 30.7 Å². The molecule has 0 unspecified atom stereocenters. The summed E-state index contributed by atoms with van der Waals surface area (Å²) < 4.78 is 2.32. The second kappa shape index (κ2) is 7.57. The second-order valence-electron chi connectivity index (χ2n) is 7.30. The van der Waals surface area contributed by atoms with Crippen LogP contribution in [0.2, 0.25) is 0 Å². The number of hydrogen-bond acceptors (Lipinski definition) is 4. The van der Waals surface area contributed by atoms with E-state index >= 15 is 0 Å². The van der Waals surface area contributed by atoms with Crippen LogP contribution in [0.4, 0.5) is 0 Å². The molecule has 2 heterocycles. The number of benzene rings is 1. The molecule has 3 nitrogen and oxygen atoms in total. The number of aryl methyl sites for hydroxylation is 2. The van der Waals surface area contributed by atoms with Crippen LogP contribution in [0.3, 0.4) is 0 Å². The standard InChI is InChI=1S/C21H25N3S2/c1-14(2)24-20(18-13-25-19-7-5-4-6-17(18)19)22-23-21(24)26-12-16-10-8-15(3)9-11-16/h8-11,13-14H,4-7,12H2,1-3H3. The van der Waals surface area contributed by atoms with Crippen LogP contribution in [0.15, 0.2) is 34.8 Å². The molecule has 0 fully saturated rings. The molecule has 0 N–H and O–H groups in total. The zero-order valence-corrected chi connectivity index (χ0v) is 17.3. The minimum atomic E-state index is 0.347. The van der Waals surface area contributed by atoms with Gasteiger partial charge in [0.1, 0.15) is 0 Å². The fourth-order valence-corrected chi connectivity index (χ4v) is 5.69. The van der Waals surface area contributed by atoms with E-state index in [2.05, 4.69) is 65.2 Å². The lowest BCUT2D eigenvalue weighted by Gasteiger charge is -2.16. The Morgan fingerprint density at radius 1 is 1.12 bits per heavy atom. The lowest BCUT2D eigenvalue weighted by atomic mass is 9.95. The molecule has 2 aromatic heterocycles. The number of nitrogens with zero attached hydrogens (tertiary/aromatic N) is 3. The van der Waals surface area contributed by atoms with Crippen LogP contribution in [0.1, 0.15) is 54.3 Å². The summed E-state index contributed by atoms with van der Waals surface area (Å²) in [4.78, 5) is 1.55. The predicted molar refractivity (Wildman–Crippen MR) is 111 cm³/mol. The fourth-order valence-electron chi connectivity index (χ4n) is 3.54. The lowest BCUT2D eigenvalue weighted by molar-refractivity contribution is 0.554. The van der Waals surface area contributed by atoms with Gasteiger partial charge in [-0.2, -0.15) is 0 Å². The van der Waals surface area contributed by atoms with Crippen LogP contribution in [0.25, 0.3) is 11.4 Å². The van der Waals surface area contributed by atoms with E-state index in [1.807, 2.05) is 11.3 Å². The third kappa shape index (κ3) is 3.47. The van der Waals surface area contributed by atoms with Gasteiger partial charge >= 0.3 is 0 Å². The Bertz CT molecular complexity index is 891. The summed E-state index contributed by atoms with van der Waals surface area (Å²) >= 11 is 3.68. The average molecular weight is 384 g/mol. The van der Waals surface area contributed by atoms with Crippen molar-refractivity contribution in [2.45, 2.75) is 63.4 Å². The molecule has 0 radical (unpaired) electrons. The summed E-state index contributed by atoms with van der Waals surface area (Å²) in [5.41, 5.74) is 5.46. The summed E-state index contributed by atoms with van der Waals surface area (Å²) in [5.74, 6) is 1.97. The Morgan fingerprint density at radius 2 is 1.88 bits per heavy atom. The van der Waals surface area contributed by atoms with Gasteiger partial charge in [0.15, 0.2) is 11.0 Å². The molecule has 26 heavy (non-hydrogen) atoms. The van der Waals surface area contributed by atoms with E-state index in [0.29, 0.717) is 6.04 Å². The first-order valence-corrected chi connectivity index (χ1v) is 11.2. The molecule has 1 aliphatic carbocycles. The third-order valence-electron chi connectivity index (χ3n) is 4.97. The number of aromatic nitrogens is 3. The molecule has 136 valence electrons. The number of hydrogen-bond donors (Lipinski definition) is 0. The SMILES string of the molecule is Cc1ccc(CSc2nnc(-c3csc4c3CCCC4)n2C(C)C)cc1. The molecule has 0 saturated carbocycles. The minimum absolute atomic E-state index is 0.347. The average Bonchev–Trinajstić information content (AvgIpc) is 3.25. The number of thioether (sulfide) groups is 1. The summed E-state index contributed by atoms with van der Waals surface area (Å²) in [5, 5.41) is 12.5. The Labute approximate surface area is 163 Å². The van der Waals surface area contributed by atoms with Crippen LogP contribution in [0.5, 0.6) is 0 Å². The molecule has 4 rings (SSSR count). The molecule has 0 amide bonds. The summed E-state index contributed by atoms with van der Waals surface area (Å²) in [6.07, 6.45) is 5.03. The van der Waals surface area contributed by atoms with E-state index in [9.17, 15) is 0 Å². The summed E-state index contributed by atoms with van der Waals surface area (Å²) in [7, 11) is 0. The zero-order chi connectivity index (χ0) is 18.1. The van der Waals surface area contributed by atoms with Crippen molar-refractivity contribution < 1.29 is 0 Å². The van der Waals surface area contributed by atoms with E-state index in [1.165, 1.54) is 47.9 Å². The van der Waals surface area contributed by atoms with Gasteiger partial charge < -0.3 is 0 Å². The van der Waals surface area contributed by atoms with Gasteiger partial charge in [-0.15, -0.1) is 21.5 Å². The van der Waals surface area contributed by atoms with Crippen molar-refractivity contribution in [1.82, 2.24) is 14.8 Å². The smallest absolute Gasteiger partial charge is 0.192 e. The molecule has 1 aromatic carbocycles. The van der Waals surface area contributed by atoms with Gasteiger partial charge in [0, 0.05) is 27.6 Å². The van der Waals surface area contributed by atoms with Crippen molar-refractivity contribution in [3.8, 4) is 11.4 Å². The maximum Gasteiger partial charge on any atom is 0.192 e. The van der Waals surface area contributed by atoms with E-state index < -0.39 is 0 Å². The van der Waals surface area contributed by atoms with Crippen molar-refractivity contribution in [2.24, 2.45) is 0 Å². The minimum Gasteiger partial charge on any atom is -0.299 e. The third-order valence-corrected chi connectivity index (χ3v) is 7.07. The first kappa shape index (κ1) is 17.8. The summed E-state index contributed by atoms with van der Waals surface area (Å²) in [6, 6.07) is 9.10. The Hall–Kier alpha value is -1.59. The summed E-state index contributed by atoms with van der Waals surface area (Å²) in [6.45, 7) is 6.57. The van der Waals surface area contributed by atoms with Crippen LogP contribution in [0, 0.1) is 6.92 Å². The predicted octanol–water partition coefficient (Wildman–Crippen LogP) is 6.07. The molecule has 3 aromatic rings. The normalized spacial score (nSPS) is 14.0. The molecule has 0 aliphatic heterocycles. The van der Waals surface area contributed by atoms with Gasteiger partial charge in [-0.3, -0.25) is 4.57 Å². The fraction of sp³-hybridized carbons (Fsp3) is 0.429. The second-order valence-corrected chi connectivity index (χ2v) is 9.21. The molecule has 0 atom stereocenters. The molecule has 0 bridgehead atoms. The zero-order valence-electron chi connectivity index (χ0n) is 15.7. The van der Waals surface area contributed by atoms with Crippen LogP contribution in [-0.4, -0.2) is 14.8 Å². The van der Waals surface area contributed by atoms with Crippen LogP contribution in [-0.2, 0) is 18.6 Å². The lowest BCUT2D eigenvalue weighted by Crippen LogP contribution is -2.07. The highest BCUT2D eigenvalue weighted by molar-refractivity contribution is 7.98. The van der Waals surface area contributed by atoms with E-state index in [4.69, 9.17) is 0 Å². The molecular weight excluding hydrogens is 358 g/mol. The Morgan fingerprint density at radius 3 is 2.65 bits per heavy atom. The highest BCUT2D eigenvalue weighted by atomic mass is 32.2. The van der Waals surface area contributed by atoms with Crippen LogP contribution >= 0.6 is 23.1 Å². The number of rotatable bonds is 5. The van der Waals surface area contributed by atoms with Gasteiger partial charge in [0.05, 0.1) is 0 Å². The quantitative estimate of drug-likeness (QED) is 0.501. The van der Waals surface area contributed by atoms with Crippen molar-refractivity contribution in [3.05, 3.63) is 51.2 Å². The maximum absolute atomic E-state index is 4.61. The van der Waals surface area contributed by atoms with Gasteiger partial charge in [-0.1, -0.05) is 41.6 Å². The van der Waals surface area contributed by atoms with Crippen molar-refractivity contribution >= 4 is 23.1 Å². The number of thiophene rings is 1. The van der Waals surface area contributed by atoms with E-state index in [-0.39, 0.29) is 0 Å². The maximum atomic E-state index is 4.61. The van der Waals surface area contributed by atoms with Crippen molar-refractivity contribution in [1.29, 1.82) is 0 Å². The van der Waals surface area contributed by atoms with Gasteiger partial charge in [0.2, 0.25) is 0 Å². The monoisotopic (exact) mass is 383 g/mol. The van der Waals surface area contributed by atoms with Crippen molar-refractivity contribution in [3.63, 3.8) is 0 Å². The van der Waals surface area contributed by atoms with Crippen molar-refractivity contribution in [2.75, 3.05) is 0 Å². The highest BCUT2D eigenvalue weighted by Gasteiger charge is 2.23. The van der Waals surface area contributed by atoms with Gasteiger partial charge in [0.25, 0.3) is 0 Å². The molecule has 0 spiro atoms. The molecular formula is C21H25N3S2. The highest BCUT2D eigenvalue weighted by Crippen LogP contribution is 2.38. The molecule has 1 aliphatic rings. The van der Waals surface area contributed by atoms with Crippen LogP contribution < -0.4 is 0 Å². The van der Waals surface area contributed by atoms with Gasteiger partial charge in [-0.25, -0.2) is 0 Å². The molecule has 5 heteroatoms. The van der Waals surface area contributed by atoms with E-state index in [1.54, 1.807) is 16.6 Å².